The molecule has 1 N–H and O–H groups in total. The molecule has 0 aliphatic rings. The molecule has 23 heavy (non-hydrogen) atoms. The van der Waals surface area contributed by atoms with E-state index < -0.39 is 5.97 Å². The van der Waals surface area contributed by atoms with E-state index in [2.05, 4.69) is 9.97 Å². The van der Waals surface area contributed by atoms with Crippen molar-refractivity contribution in [3.05, 3.63) is 50.0 Å². The van der Waals surface area contributed by atoms with E-state index in [1.54, 1.807) is 23.6 Å². The highest BCUT2D eigenvalue weighted by atomic mass is 32.1. The van der Waals surface area contributed by atoms with E-state index in [0.717, 1.165) is 0 Å². The number of esters is 1. The van der Waals surface area contributed by atoms with E-state index in [4.69, 9.17) is 4.74 Å². The van der Waals surface area contributed by atoms with Gasteiger partial charge in [0.15, 0.2) is 5.78 Å². The first kappa shape index (κ1) is 15.6. The topological polar surface area (TPSA) is 89.1 Å². The Balaban J connectivity index is 1.54. The van der Waals surface area contributed by atoms with Crippen molar-refractivity contribution in [2.24, 2.45) is 0 Å². The van der Waals surface area contributed by atoms with Crippen LogP contribution in [-0.2, 0) is 16.1 Å². The van der Waals surface area contributed by atoms with Crippen molar-refractivity contribution >= 4 is 44.6 Å². The van der Waals surface area contributed by atoms with E-state index in [9.17, 15) is 14.4 Å². The second kappa shape index (κ2) is 6.84. The molecular formula is C15H12N2O4S2. The average Bonchev–Trinajstić information content (AvgIpc) is 3.21. The SMILES string of the molecule is O=C(CCC(=O)c1cccs1)OCc1nc2ccsc2c(=O)[nH]1. The van der Waals surface area contributed by atoms with Gasteiger partial charge >= 0.3 is 5.97 Å². The van der Waals surface area contributed by atoms with Gasteiger partial charge in [0.2, 0.25) is 0 Å². The Kier molecular flexibility index (Phi) is 4.63. The third kappa shape index (κ3) is 3.72. The van der Waals surface area contributed by atoms with Crippen molar-refractivity contribution in [1.29, 1.82) is 0 Å². The lowest BCUT2D eigenvalue weighted by Crippen LogP contribution is -2.14. The van der Waals surface area contributed by atoms with Crippen LogP contribution >= 0.6 is 22.7 Å². The van der Waals surface area contributed by atoms with Crippen LogP contribution in [0.5, 0.6) is 0 Å². The fourth-order valence-corrected chi connectivity index (χ4v) is 3.41. The number of aromatic amines is 1. The van der Waals surface area contributed by atoms with Crippen LogP contribution in [0.2, 0.25) is 0 Å². The second-order valence-electron chi connectivity index (χ2n) is 4.71. The summed E-state index contributed by atoms with van der Waals surface area (Å²) in [4.78, 5) is 42.7. The van der Waals surface area contributed by atoms with Gasteiger partial charge in [-0.25, -0.2) is 4.98 Å². The minimum absolute atomic E-state index is 0.00165. The first-order valence-corrected chi connectivity index (χ1v) is 8.58. The molecule has 3 heterocycles. The molecule has 3 rings (SSSR count). The fourth-order valence-electron chi connectivity index (χ4n) is 1.99. The van der Waals surface area contributed by atoms with E-state index in [1.807, 2.05) is 5.38 Å². The highest BCUT2D eigenvalue weighted by Gasteiger charge is 2.12. The van der Waals surface area contributed by atoms with Crippen LogP contribution in [0.1, 0.15) is 28.3 Å². The van der Waals surface area contributed by atoms with Crippen molar-refractivity contribution in [2.45, 2.75) is 19.4 Å². The van der Waals surface area contributed by atoms with E-state index >= 15 is 0 Å². The molecule has 0 aliphatic carbocycles. The van der Waals surface area contributed by atoms with Crippen molar-refractivity contribution < 1.29 is 14.3 Å². The van der Waals surface area contributed by atoms with Gasteiger partial charge < -0.3 is 9.72 Å². The number of nitrogens with zero attached hydrogens (tertiary/aromatic N) is 1. The van der Waals surface area contributed by atoms with Crippen molar-refractivity contribution in [3.8, 4) is 0 Å². The molecule has 0 atom stereocenters. The van der Waals surface area contributed by atoms with Crippen LogP contribution in [0.3, 0.4) is 0 Å². The lowest BCUT2D eigenvalue weighted by atomic mass is 10.2. The van der Waals surface area contributed by atoms with Crippen LogP contribution < -0.4 is 5.56 Å². The Labute approximate surface area is 138 Å². The maximum Gasteiger partial charge on any atom is 0.306 e. The highest BCUT2D eigenvalue weighted by molar-refractivity contribution is 7.17. The number of rotatable bonds is 6. The molecule has 0 saturated carbocycles. The molecule has 0 aromatic carbocycles. The molecule has 0 fully saturated rings. The maximum atomic E-state index is 11.8. The summed E-state index contributed by atoms with van der Waals surface area (Å²) in [5.74, 6) is -0.287. The molecule has 6 nitrogen and oxygen atoms in total. The number of ether oxygens (including phenoxy) is 1. The van der Waals surface area contributed by atoms with Crippen molar-refractivity contribution in [2.75, 3.05) is 0 Å². The van der Waals surface area contributed by atoms with Gasteiger partial charge in [0.25, 0.3) is 5.56 Å². The van der Waals surface area contributed by atoms with Gasteiger partial charge in [-0.3, -0.25) is 14.4 Å². The van der Waals surface area contributed by atoms with Crippen LogP contribution in [-0.4, -0.2) is 21.7 Å². The van der Waals surface area contributed by atoms with E-state index in [1.165, 1.54) is 22.7 Å². The molecule has 118 valence electrons. The van der Waals surface area contributed by atoms with Crippen LogP contribution in [0.4, 0.5) is 0 Å². The number of Topliss-reactive ketones (excluding diaryl/α,β-unsaturated/α-hetero) is 1. The zero-order valence-corrected chi connectivity index (χ0v) is 13.5. The Bertz CT molecular complexity index is 896. The summed E-state index contributed by atoms with van der Waals surface area (Å²) in [5, 5.41) is 3.59. The third-order valence-corrected chi connectivity index (χ3v) is 4.90. The Morgan fingerprint density at radius 3 is 2.83 bits per heavy atom. The van der Waals surface area contributed by atoms with E-state index in [0.29, 0.717) is 20.9 Å². The van der Waals surface area contributed by atoms with Gasteiger partial charge in [-0.05, 0) is 22.9 Å². The molecule has 8 heteroatoms. The quantitative estimate of drug-likeness (QED) is 0.546. The smallest absolute Gasteiger partial charge is 0.306 e. The summed E-state index contributed by atoms with van der Waals surface area (Å²) in [7, 11) is 0. The Morgan fingerprint density at radius 2 is 2.04 bits per heavy atom. The summed E-state index contributed by atoms with van der Waals surface area (Å²) >= 11 is 2.65. The summed E-state index contributed by atoms with van der Waals surface area (Å²) in [6, 6.07) is 5.25. The lowest BCUT2D eigenvalue weighted by molar-refractivity contribution is -0.145. The molecule has 0 radical (unpaired) electrons. The molecular weight excluding hydrogens is 336 g/mol. The molecule has 0 bridgehead atoms. The minimum Gasteiger partial charge on any atom is -0.458 e. The maximum absolute atomic E-state index is 11.8. The number of fused-ring (bicyclic) bond motifs is 1. The lowest BCUT2D eigenvalue weighted by Gasteiger charge is -2.04. The minimum atomic E-state index is -0.497. The number of H-pyrrole nitrogens is 1. The summed E-state index contributed by atoms with van der Waals surface area (Å²) in [6.07, 6.45) is 0.106. The number of hydrogen-bond acceptors (Lipinski definition) is 7. The number of hydrogen-bond donors (Lipinski definition) is 1. The number of thiophene rings is 2. The van der Waals surface area contributed by atoms with Crippen molar-refractivity contribution in [1.82, 2.24) is 9.97 Å². The predicted molar refractivity (Wildman–Crippen MR) is 87.9 cm³/mol. The molecule has 3 aromatic rings. The first-order chi connectivity index (χ1) is 11.1. The summed E-state index contributed by atoms with van der Waals surface area (Å²) < 4.78 is 5.60. The zero-order valence-electron chi connectivity index (χ0n) is 11.9. The predicted octanol–water partition coefficient (Wildman–Crippen LogP) is 2.75. The third-order valence-electron chi connectivity index (χ3n) is 3.09. The van der Waals surface area contributed by atoms with Crippen LogP contribution in [0.15, 0.2) is 33.8 Å². The van der Waals surface area contributed by atoms with Gasteiger partial charge in [-0.1, -0.05) is 6.07 Å². The van der Waals surface area contributed by atoms with E-state index in [-0.39, 0.29) is 30.8 Å². The number of carbonyl (C=O) groups excluding carboxylic acids is 2. The zero-order chi connectivity index (χ0) is 16.2. The number of nitrogens with one attached hydrogen (secondary N) is 1. The fraction of sp³-hybridized carbons (Fsp3) is 0.200. The molecule has 0 saturated heterocycles. The Morgan fingerprint density at radius 1 is 1.17 bits per heavy atom. The second-order valence-corrected chi connectivity index (χ2v) is 6.57. The molecule has 3 aromatic heterocycles. The highest BCUT2D eigenvalue weighted by Crippen LogP contribution is 2.14. The number of carbonyl (C=O) groups is 2. The molecule has 0 unspecified atom stereocenters. The number of aromatic nitrogens is 2. The molecule has 0 aliphatic heterocycles. The summed E-state index contributed by atoms with van der Waals surface area (Å²) in [6.45, 7) is -0.118. The van der Waals surface area contributed by atoms with Gasteiger partial charge in [-0.15, -0.1) is 22.7 Å². The van der Waals surface area contributed by atoms with Crippen LogP contribution in [0.25, 0.3) is 10.2 Å². The largest absolute Gasteiger partial charge is 0.458 e. The van der Waals surface area contributed by atoms with Gasteiger partial charge in [0.05, 0.1) is 16.8 Å². The average molecular weight is 348 g/mol. The van der Waals surface area contributed by atoms with Gasteiger partial charge in [0, 0.05) is 6.42 Å². The van der Waals surface area contributed by atoms with Gasteiger partial charge in [-0.2, -0.15) is 0 Å². The monoisotopic (exact) mass is 348 g/mol. The van der Waals surface area contributed by atoms with Crippen LogP contribution in [0, 0.1) is 0 Å². The normalized spacial score (nSPS) is 10.8. The Hall–Kier alpha value is -2.32. The first-order valence-electron chi connectivity index (χ1n) is 6.82. The standard InChI is InChI=1S/C15H12N2O4S2/c18-10(11-2-1-6-22-11)3-4-13(19)21-8-12-16-9-5-7-23-14(9)15(20)17-12/h1-2,5-7H,3-4,8H2,(H,16,17,20). The number of ketones is 1. The van der Waals surface area contributed by atoms with Crippen molar-refractivity contribution in [3.63, 3.8) is 0 Å². The van der Waals surface area contributed by atoms with Gasteiger partial charge in [0.1, 0.15) is 17.1 Å². The molecule has 0 spiro atoms. The summed E-state index contributed by atoms with van der Waals surface area (Å²) in [5.41, 5.74) is 0.335. The molecule has 0 amide bonds.